The van der Waals surface area contributed by atoms with Crippen molar-refractivity contribution < 1.29 is 9.50 Å². The number of hydrogen-bond acceptors (Lipinski definition) is 2. The van der Waals surface area contributed by atoms with Gasteiger partial charge in [0.1, 0.15) is 5.82 Å². The van der Waals surface area contributed by atoms with Crippen LogP contribution in [0.15, 0.2) is 54.7 Å². The lowest BCUT2D eigenvalue weighted by Gasteiger charge is -2.08. The summed E-state index contributed by atoms with van der Waals surface area (Å²) in [6.07, 6.45) is 1.70. The molecule has 1 heterocycles. The summed E-state index contributed by atoms with van der Waals surface area (Å²) in [6.45, 7) is -0.0501. The largest absolute Gasteiger partial charge is 0.392 e. The van der Waals surface area contributed by atoms with Crippen LogP contribution in [0.2, 0.25) is 0 Å². The predicted molar refractivity (Wildman–Crippen MR) is 73.1 cm³/mol. The molecule has 0 bridgehead atoms. The molecule has 0 saturated heterocycles. The van der Waals surface area contributed by atoms with Gasteiger partial charge in [0.05, 0.1) is 12.1 Å². The van der Waals surface area contributed by atoms with Crippen molar-refractivity contribution in [3.05, 3.63) is 66.1 Å². The maximum Gasteiger partial charge on any atom is 0.132 e. The number of halogens is 1. The maximum absolute atomic E-state index is 13.8. The third-order valence-corrected chi connectivity index (χ3v) is 3.17. The summed E-state index contributed by atoms with van der Waals surface area (Å²) in [5, 5.41) is 9.85. The van der Waals surface area contributed by atoms with Gasteiger partial charge >= 0.3 is 0 Å². The van der Waals surface area contributed by atoms with Crippen LogP contribution in [0.5, 0.6) is 0 Å². The smallest absolute Gasteiger partial charge is 0.132 e. The van der Waals surface area contributed by atoms with E-state index in [4.69, 9.17) is 0 Å². The summed E-state index contributed by atoms with van der Waals surface area (Å²) in [4.78, 5) is 4.27. The van der Waals surface area contributed by atoms with E-state index in [0.29, 0.717) is 10.9 Å². The van der Waals surface area contributed by atoms with Crippen LogP contribution in [0.25, 0.3) is 22.0 Å². The number of aliphatic hydroxyl groups is 1. The maximum atomic E-state index is 13.8. The molecule has 0 aliphatic carbocycles. The Balaban J connectivity index is 2.23. The van der Waals surface area contributed by atoms with Gasteiger partial charge in [0.15, 0.2) is 0 Å². The summed E-state index contributed by atoms with van der Waals surface area (Å²) in [7, 11) is 0. The van der Waals surface area contributed by atoms with E-state index in [1.54, 1.807) is 24.4 Å². The van der Waals surface area contributed by atoms with Crippen LogP contribution in [0.1, 0.15) is 5.56 Å². The van der Waals surface area contributed by atoms with E-state index in [9.17, 15) is 9.50 Å². The van der Waals surface area contributed by atoms with Crippen LogP contribution < -0.4 is 0 Å². The first kappa shape index (κ1) is 11.8. The minimum Gasteiger partial charge on any atom is -0.392 e. The van der Waals surface area contributed by atoms with E-state index in [1.165, 1.54) is 6.07 Å². The molecule has 0 atom stereocenters. The van der Waals surface area contributed by atoms with Gasteiger partial charge in [0, 0.05) is 17.1 Å². The zero-order valence-corrected chi connectivity index (χ0v) is 10.2. The number of aromatic nitrogens is 1. The molecule has 0 spiro atoms. The number of nitrogens with zero attached hydrogens (tertiary/aromatic N) is 1. The summed E-state index contributed by atoms with van der Waals surface area (Å²) < 4.78 is 13.8. The fourth-order valence-corrected chi connectivity index (χ4v) is 2.20. The van der Waals surface area contributed by atoms with E-state index in [-0.39, 0.29) is 12.4 Å². The van der Waals surface area contributed by atoms with Crippen molar-refractivity contribution >= 4 is 10.9 Å². The summed E-state index contributed by atoms with van der Waals surface area (Å²) >= 11 is 0. The predicted octanol–water partition coefficient (Wildman–Crippen LogP) is 3.53. The molecule has 0 fully saturated rings. The monoisotopic (exact) mass is 253 g/mol. The summed E-state index contributed by atoms with van der Waals surface area (Å²) in [5.41, 5.74) is 3.12. The van der Waals surface area contributed by atoms with Crippen molar-refractivity contribution in [1.29, 1.82) is 0 Å². The van der Waals surface area contributed by atoms with Crippen LogP contribution in [0.4, 0.5) is 4.39 Å². The fourth-order valence-electron chi connectivity index (χ4n) is 2.20. The first-order valence-corrected chi connectivity index (χ1v) is 6.03. The Morgan fingerprint density at radius 3 is 2.74 bits per heavy atom. The molecule has 0 saturated carbocycles. The average molecular weight is 253 g/mol. The second-order valence-corrected chi connectivity index (χ2v) is 4.35. The Morgan fingerprint density at radius 1 is 1.05 bits per heavy atom. The van der Waals surface area contributed by atoms with Crippen LogP contribution >= 0.6 is 0 Å². The Bertz CT molecular complexity index is 740. The van der Waals surface area contributed by atoms with Crippen molar-refractivity contribution in [2.24, 2.45) is 0 Å². The zero-order valence-electron chi connectivity index (χ0n) is 10.2. The Labute approximate surface area is 110 Å². The van der Waals surface area contributed by atoms with Gasteiger partial charge in [-0.1, -0.05) is 30.3 Å². The molecule has 1 N–H and O–H groups in total. The topological polar surface area (TPSA) is 33.1 Å². The normalized spacial score (nSPS) is 10.8. The SMILES string of the molecule is OCc1ccccc1-c1cnc2cccc(F)c2c1. The first-order chi connectivity index (χ1) is 9.29. The highest BCUT2D eigenvalue weighted by Crippen LogP contribution is 2.27. The third kappa shape index (κ3) is 2.09. The van der Waals surface area contributed by atoms with Crippen LogP contribution in [-0.2, 0) is 6.61 Å². The van der Waals surface area contributed by atoms with E-state index in [2.05, 4.69) is 4.98 Å². The van der Waals surface area contributed by atoms with Crippen molar-refractivity contribution in [3.8, 4) is 11.1 Å². The lowest BCUT2D eigenvalue weighted by molar-refractivity contribution is 0.282. The lowest BCUT2D eigenvalue weighted by Crippen LogP contribution is -1.91. The summed E-state index contributed by atoms with van der Waals surface area (Å²) in [5.74, 6) is -0.284. The van der Waals surface area contributed by atoms with Gasteiger partial charge in [-0.3, -0.25) is 4.98 Å². The van der Waals surface area contributed by atoms with Gasteiger partial charge in [0.25, 0.3) is 0 Å². The molecule has 2 aromatic carbocycles. The average Bonchev–Trinajstić information content (AvgIpc) is 2.47. The molecule has 0 aliphatic rings. The molecule has 94 valence electrons. The number of hydrogen-bond donors (Lipinski definition) is 1. The molecule has 3 rings (SSSR count). The second-order valence-electron chi connectivity index (χ2n) is 4.35. The Morgan fingerprint density at radius 2 is 1.89 bits per heavy atom. The molecule has 0 radical (unpaired) electrons. The summed E-state index contributed by atoms with van der Waals surface area (Å²) in [6, 6.07) is 14.1. The van der Waals surface area contributed by atoms with Crippen molar-refractivity contribution in [3.63, 3.8) is 0 Å². The van der Waals surface area contributed by atoms with Crippen molar-refractivity contribution in [2.75, 3.05) is 0 Å². The Kier molecular flexibility index (Phi) is 2.97. The molecule has 0 unspecified atom stereocenters. The lowest BCUT2D eigenvalue weighted by atomic mass is 10.0. The van der Waals surface area contributed by atoms with E-state index < -0.39 is 0 Å². The van der Waals surface area contributed by atoms with Crippen molar-refractivity contribution in [2.45, 2.75) is 6.61 Å². The highest BCUT2D eigenvalue weighted by atomic mass is 19.1. The van der Waals surface area contributed by atoms with E-state index in [0.717, 1.165) is 16.7 Å². The molecular formula is C16H12FNO. The van der Waals surface area contributed by atoms with E-state index in [1.807, 2.05) is 24.3 Å². The number of aliphatic hydroxyl groups excluding tert-OH is 1. The fraction of sp³-hybridized carbons (Fsp3) is 0.0625. The molecule has 2 nitrogen and oxygen atoms in total. The van der Waals surface area contributed by atoms with Gasteiger partial charge < -0.3 is 5.11 Å². The quantitative estimate of drug-likeness (QED) is 0.757. The molecule has 0 amide bonds. The standard InChI is InChI=1S/C16H12FNO/c17-15-6-3-7-16-14(15)8-12(9-18-16)13-5-2-1-4-11(13)10-19/h1-9,19H,10H2. The number of benzene rings is 2. The molecule has 1 aromatic heterocycles. The second kappa shape index (κ2) is 4.78. The van der Waals surface area contributed by atoms with Crippen LogP contribution in [-0.4, -0.2) is 10.1 Å². The van der Waals surface area contributed by atoms with Gasteiger partial charge in [-0.15, -0.1) is 0 Å². The molecule has 3 aromatic rings. The van der Waals surface area contributed by atoms with Crippen LogP contribution in [0.3, 0.4) is 0 Å². The van der Waals surface area contributed by atoms with Gasteiger partial charge in [0.2, 0.25) is 0 Å². The molecule has 19 heavy (non-hydrogen) atoms. The highest BCUT2D eigenvalue weighted by Gasteiger charge is 2.07. The molecule has 0 aliphatic heterocycles. The molecular weight excluding hydrogens is 241 g/mol. The van der Waals surface area contributed by atoms with Crippen LogP contribution in [0, 0.1) is 5.82 Å². The Hall–Kier alpha value is -2.26. The number of rotatable bonds is 2. The minimum atomic E-state index is -0.284. The van der Waals surface area contributed by atoms with Gasteiger partial charge in [-0.25, -0.2) is 4.39 Å². The number of pyridine rings is 1. The first-order valence-electron chi connectivity index (χ1n) is 6.03. The highest BCUT2D eigenvalue weighted by molar-refractivity contribution is 5.84. The molecule has 3 heteroatoms. The zero-order chi connectivity index (χ0) is 13.2. The minimum absolute atomic E-state index is 0.0501. The van der Waals surface area contributed by atoms with E-state index >= 15 is 0 Å². The number of fused-ring (bicyclic) bond motifs is 1. The van der Waals surface area contributed by atoms with Crippen molar-refractivity contribution in [1.82, 2.24) is 4.98 Å². The third-order valence-electron chi connectivity index (χ3n) is 3.17. The van der Waals surface area contributed by atoms with Gasteiger partial charge in [-0.2, -0.15) is 0 Å². The van der Waals surface area contributed by atoms with Gasteiger partial charge in [-0.05, 0) is 29.3 Å².